The highest BCUT2D eigenvalue weighted by atomic mass is 16.7. The summed E-state index contributed by atoms with van der Waals surface area (Å²) in [6.45, 7) is 3.48. The van der Waals surface area contributed by atoms with Crippen LogP contribution in [0.2, 0.25) is 0 Å². The van der Waals surface area contributed by atoms with E-state index in [-0.39, 0.29) is 5.79 Å². The van der Waals surface area contributed by atoms with Crippen molar-refractivity contribution in [3.63, 3.8) is 0 Å². The molecule has 86 valence electrons. The van der Waals surface area contributed by atoms with E-state index in [1.165, 1.54) is 25.7 Å². The molecular formula is C12H20O3. The normalized spacial score (nSPS) is 33.6. The zero-order valence-corrected chi connectivity index (χ0v) is 9.30. The lowest BCUT2D eigenvalue weighted by atomic mass is 9.69. The molecule has 2 spiro atoms. The summed E-state index contributed by atoms with van der Waals surface area (Å²) < 4.78 is 17.1. The summed E-state index contributed by atoms with van der Waals surface area (Å²) in [5, 5.41) is 0. The van der Waals surface area contributed by atoms with E-state index in [2.05, 4.69) is 0 Å². The molecule has 0 aromatic carbocycles. The predicted molar refractivity (Wildman–Crippen MR) is 55.6 cm³/mol. The Morgan fingerprint density at radius 3 is 2.07 bits per heavy atom. The van der Waals surface area contributed by atoms with Crippen LogP contribution in [0.1, 0.15) is 38.5 Å². The Balaban J connectivity index is 1.63. The topological polar surface area (TPSA) is 27.7 Å². The molecule has 15 heavy (non-hydrogen) atoms. The SMILES string of the molecule is C1COCC2(C1)CCC1(CC2)OCCO1. The Hall–Kier alpha value is -0.120. The molecule has 3 heteroatoms. The Morgan fingerprint density at radius 1 is 0.733 bits per heavy atom. The van der Waals surface area contributed by atoms with Gasteiger partial charge in [0.1, 0.15) is 0 Å². The van der Waals surface area contributed by atoms with Gasteiger partial charge in [-0.15, -0.1) is 0 Å². The molecule has 0 unspecified atom stereocenters. The van der Waals surface area contributed by atoms with E-state index in [4.69, 9.17) is 14.2 Å². The average molecular weight is 212 g/mol. The lowest BCUT2D eigenvalue weighted by molar-refractivity contribution is -0.200. The first-order valence-corrected chi connectivity index (χ1v) is 6.18. The molecule has 0 N–H and O–H groups in total. The fourth-order valence-corrected chi connectivity index (χ4v) is 3.25. The van der Waals surface area contributed by atoms with Crippen LogP contribution in [0, 0.1) is 5.41 Å². The second-order valence-electron chi connectivity index (χ2n) is 5.26. The molecule has 0 amide bonds. The Kier molecular flexibility index (Phi) is 2.49. The number of hydrogen-bond acceptors (Lipinski definition) is 3. The monoisotopic (exact) mass is 212 g/mol. The summed E-state index contributed by atoms with van der Waals surface area (Å²) in [4.78, 5) is 0. The van der Waals surface area contributed by atoms with Crippen LogP contribution >= 0.6 is 0 Å². The quantitative estimate of drug-likeness (QED) is 0.615. The minimum absolute atomic E-state index is 0.206. The van der Waals surface area contributed by atoms with Crippen molar-refractivity contribution in [2.75, 3.05) is 26.4 Å². The molecular weight excluding hydrogens is 192 g/mol. The molecule has 2 aliphatic heterocycles. The van der Waals surface area contributed by atoms with Gasteiger partial charge >= 0.3 is 0 Å². The van der Waals surface area contributed by atoms with Crippen LogP contribution in [0.5, 0.6) is 0 Å². The number of ether oxygens (including phenoxy) is 3. The van der Waals surface area contributed by atoms with Gasteiger partial charge in [0.25, 0.3) is 0 Å². The van der Waals surface area contributed by atoms with Crippen molar-refractivity contribution in [2.24, 2.45) is 5.41 Å². The summed E-state index contributed by atoms with van der Waals surface area (Å²) in [6.07, 6.45) is 7.13. The molecule has 3 nitrogen and oxygen atoms in total. The van der Waals surface area contributed by atoms with E-state index < -0.39 is 0 Å². The standard InChI is InChI=1S/C12H20O3/c1-2-11(10-13-7-1)3-5-12(6-4-11)14-8-9-15-12/h1-10H2. The Bertz CT molecular complexity index is 215. The van der Waals surface area contributed by atoms with Crippen molar-refractivity contribution in [1.29, 1.82) is 0 Å². The van der Waals surface area contributed by atoms with Gasteiger partial charge in [-0.25, -0.2) is 0 Å². The van der Waals surface area contributed by atoms with E-state index >= 15 is 0 Å². The first kappa shape index (κ1) is 10.1. The van der Waals surface area contributed by atoms with Crippen LogP contribution in [-0.4, -0.2) is 32.2 Å². The van der Waals surface area contributed by atoms with Crippen molar-refractivity contribution in [3.05, 3.63) is 0 Å². The molecule has 2 saturated heterocycles. The minimum atomic E-state index is -0.206. The largest absolute Gasteiger partial charge is 0.381 e. The molecule has 0 atom stereocenters. The lowest BCUT2D eigenvalue weighted by Gasteiger charge is -2.45. The average Bonchev–Trinajstić information content (AvgIpc) is 2.74. The molecule has 0 aromatic rings. The summed E-state index contributed by atoms with van der Waals surface area (Å²) in [5.41, 5.74) is 0.457. The van der Waals surface area contributed by atoms with Gasteiger partial charge in [0, 0.05) is 19.4 Å². The smallest absolute Gasteiger partial charge is 0.168 e. The summed E-state index contributed by atoms with van der Waals surface area (Å²) in [6, 6.07) is 0. The highest BCUT2D eigenvalue weighted by molar-refractivity contribution is 4.92. The molecule has 0 aromatic heterocycles. The van der Waals surface area contributed by atoms with Crippen molar-refractivity contribution in [2.45, 2.75) is 44.3 Å². The van der Waals surface area contributed by atoms with Gasteiger partial charge in [0.2, 0.25) is 0 Å². The highest BCUT2D eigenvalue weighted by Gasteiger charge is 2.46. The summed E-state index contributed by atoms with van der Waals surface area (Å²) in [7, 11) is 0. The van der Waals surface area contributed by atoms with Gasteiger partial charge in [0.05, 0.1) is 19.8 Å². The minimum Gasteiger partial charge on any atom is -0.381 e. The van der Waals surface area contributed by atoms with Gasteiger partial charge in [-0.1, -0.05) is 0 Å². The van der Waals surface area contributed by atoms with Gasteiger partial charge in [-0.2, -0.15) is 0 Å². The Morgan fingerprint density at radius 2 is 1.47 bits per heavy atom. The van der Waals surface area contributed by atoms with Gasteiger partial charge in [-0.3, -0.25) is 0 Å². The van der Waals surface area contributed by atoms with Crippen LogP contribution in [-0.2, 0) is 14.2 Å². The maximum atomic E-state index is 5.75. The number of hydrogen-bond donors (Lipinski definition) is 0. The fourth-order valence-electron chi connectivity index (χ4n) is 3.25. The van der Waals surface area contributed by atoms with E-state index in [9.17, 15) is 0 Å². The van der Waals surface area contributed by atoms with Crippen LogP contribution < -0.4 is 0 Å². The molecule has 0 bridgehead atoms. The van der Waals surface area contributed by atoms with Gasteiger partial charge < -0.3 is 14.2 Å². The molecule has 0 radical (unpaired) electrons. The third kappa shape index (κ3) is 1.81. The second kappa shape index (κ2) is 3.72. The maximum absolute atomic E-state index is 5.75. The molecule has 2 heterocycles. The first-order valence-electron chi connectivity index (χ1n) is 6.18. The zero-order chi connectivity index (χ0) is 10.2. The van der Waals surface area contributed by atoms with E-state index in [0.717, 1.165) is 39.3 Å². The van der Waals surface area contributed by atoms with Crippen molar-refractivity contribution in [1.82, 2.24) is 0 Å². The van der Waals surface area contributed by atoms with Crippen molar-refractivity contribution < 1.29 is 14.2 Å². The van der Waals surface area contributed by atoms with Crippen LogP contribution in [0.15, 0.2) is 0 Å². The maximum Gasteiger partial charge on any atom is 0.168 e. The zero-order valence-electron chi connectivity index (χ0n) is 9.30. The molecule has 3 fully saturated rings. The van der Waals surface area contributed by atoms with Gasteiger partial charge in [-0.05, 0) is 31.1 Å². The summed E-state index contributed by atoms with van der Waals surface area (Å²) in [5.74, 6) is -0.206. The first-order chi connectivity index (χ1) is 7.33. The van der Waals surface area contributed by atoms with E-state index in [1.54, 1.807) is 0 Å². The molecule has 1 saturated carbocycles. The third-order valence-corrected chi connectivity index (χ3v) is 4.29. The van der Waals surface area contributed by atoms with Crippen LogP contribution in [0.3, 0.4) is 0 Å². The van der Waals surface area contributed by atoms with E-state index in [1.807, 2.05) is 0 Å². The van der Waals surface area contributed by atoms with Crippen molar-refractivity contribution >= 4 is 0 Å². The number of rotatable bonds is 0. The highest BCUT2D eigenvalue weighted by Crippen LogP contribution is 2.48. The lowest BCUT2D eigenvalue weighted by Crippen LogP contribution is -2.43. The molecule has 1 aliphatic carbocycles. The van der Waals surface area contributed by atoms with Crippen LogP contribution in [0.4, 0.5) is 0 Å². The fraction of sp³-hybridized carbons (Fsp3) is 1.00. The van der Waals surface area contributed by atoms with Gasteiger partial charge in [0.15, 0.2) is 5.79 Å². The van der Waals surface area contributed by atoms with Crippen LogP contribution in [0.25, 0.3) is 0 Å². The predicted octanol–water partition coefficient (Wildman–Crippen LogP) is 2.10. The van der Waals surface area contributed by atoms with E-state index in [0.29, 0.717) is 5.41 Å². The summed E-state index contributed by atoms with van der Waals surface area (Å²) >= 11 is 0. The Labute approximate surface area is 91.1 Å². The van der Waals surface area contributed by atoms with Crippen molar-refractivity contribution in [3.8, 4) is 0 Å². The third-order valence-electron chi connectivity index (χ3n) is 4.29. The molecule has 3 aliphatic rings. The second-order valence-corrected chi connectivity index (χ2v) is 5.26. The molecule has 3 rings (SSSR count).